The Morgan fingerprint density at radius 2 is 1.33 bits per heavy atom. The zero-order valence-electron chi connectivity index (χ0n) is 24.9. The van der Waals surface area contributed by atoms with Crippen LogP contribution in [0.1, 0.15) is 61.5 Å². The van der Waals surface area contributed by atoms with Gasteiger partial charge in [0.1, 0.15) is 13.1 Å². The number of hydrogen-bond acceptors (Lipinski definition) is 10. The van der Waals surface area contributed by atoms with Gasteiger partial charge in [-0.1, -0.05) is 39.0 Å². The number of carboxylic acids is 3. The van der Waals surface area contributed by atoms with Crippen LogP contribution in [0.2, 0.25) is 0 Å². The van der Waals surface area contributed by atoms with Crippen molar-refractivity contribution in [3.05, 3.63) is 47.2 Å². The van der Waals surface area contributed by atoms with Gasteiger partial charge in [0.2, 0.25) is 5.69 Å². The third-order valence-electron chi connectivity index (χ3n) is 7.01. The summed E-state index contributed by atoms with van der Waals surface area (Å²) in [6.07, 6.45) is 10.8. The fraction of sp³-hybridized carbons (Fsp3) is 0.621. The van der Waals surface area contributed by atoms with Gasteiger partial charge in [0.25, 0.3) is 0 Å². The topological polar surface area (TPSA) is 178 Å². The molecule has 1 aliphatic heterocycles. The van der Waals surface area contributed by atoms with Crippen LogP contribution in [-0.4, -0.2) is 124 Å². The number of rotatable bonds is 16. The summed E-state index contributed by atoms with van der Waals surface area (Å²) < 4.78 is 6.04. The van der Waals surface area contributed by atoms with Gasteiger partial charge < -0.3 is 35.1 Å². The lowest BCUT2D eigenvalue weighted by molar-refractivity contribution is -0.615. The Morgan fingerprint density at radius 3 is 1.93 bits per heavy atom. The van der Waals surface area contributed by atoms with Crippen LogP contribution in [0.25, 0.3) is 0 Å². The van der Waals surface area contributed by atoms with Crippen LogP contribution in [-0.2, 0) is 25.7 Å². The number of esters is 1. The Morgan fingerprint density at radius 1 is 0.791 bits per heavy atom. The molecule has 0 atom stereocenters. The largest absolute Gasteiger partial charge is 0.618 e. The van der Waals surface area contributed by atoms with Crippen molar-refractivity contribution in [2.24, 2.45) is 0 Å². The van der Waals surface area contributed by atoms with E-state index < -0.39 is 23.9 Å². The second kappa shape index (κ2) is 19.3. The van der Waals surface area contributed by atoms with E-state index in [0.717, 1.165) is 32.1 Å². The molecule has 0 bridgehead atoms. The third kappa shape index (κ3) is 14.7. The van der Waals surface area contributed by atoms with Crippen molar-refractivity contribution in [3.8, 4) is 0 Å². The van der Waals surface area contributed by atoms with Gasteiger partial charge in [-0.25, -0.2) is 4.79 Å². The van der Waals surface area contributed by atoms with E-state index in [4.69, 9.17) is 4.74 Å². The Balaban J connectivity index is 2.19. The number of aliphatic carboxylic acids is 3. The molecule has 1 aromatic heterocycles. The van der Waals surface area contributed by atoms with E-state index in [1.54, 1.807) is 27.1 Å². The predicted molar refractivity (Wildman–Crippen MR) is 156 cm³/mol. The maximum atomic E-state index is 12.7. The summed E-state index contributed by atoms with van der Waals surface area (Å²) >= 11 is 0. The zero-order valence-corrected chi connectivity index (χ0v) is 24.9. The molecule has 1 aromatic rings. The molecule has 0 spiro atoms. The van der Waals surface area contributed by atoms with Crippen LogP contribution >= 0.6 is 0 Å². The molecule has 0 aromatic carbocycles. The highest BCUT2D eigenvalue weighted by Crippen LogP contribution is 2.10. The Kier molecular flexibility index (Phi) is 15.8. The first-order chi connectivity index (χ1) is 20.6. The van der Waals surface area contributed by atoms with Gasteiger partial charge in [0.05, 0.1) is 25.3 Å². The summed E-state index contributed by atoms with van der Waals surface area (Å²) in [4.78, 5) is 53.5. The quantitative estimate of drug-likeness (QED) is 0.106. The molecule has 14 nitrogen and oxygen atoms in total. The smallest absolute Gasteiger partial charge is 0.338 e. The van der Waals surface area contributed by atoms with Gasteiger partial charge in [-0.15, -0.1) is 0 Å². The molecule has 0 saturated carbocycles. The molecule has 0 radical (unpaired) electrons. The first-order valence-electron chi connectivity index (χ1n) is 14.7. The number of unbranched alkanes of at least 4 members (excludes halogenated alkanes) is 5. The number of nitrogens with zero attached hydrogens (tertiary/aromatic N) is 5. The molecule has 0 saturated heterocycles. The van der Waals surface area contributed by atoms with Crippen LogP contribution < -0.4 is 4.73 Å². The van der Waals surface area contributed by atoms with Crippen LogP contribution in [0.4, 0.5) is 0 Å². The molecule has 2 rings (SSSR count). The fourth-order valence-corrected chi connectivity index (χ4v) is 4.64. The highest BCUT2D eigenvalue weighted by atomic mass is 16.5. The molecule has 3 N–H and O–H groups in total. The van der Waals surface area contributed by atoms with Gasteiger partial charge in [-0.05, 0) is 6.42 Å². The average Bonchev–Trinajstić information content (AvgIpc) is 2.94. The fourth-order valence-electron chi connectivity index (χ4n) is 4.64. The molecular weight excluding hydrogens is 562 g/mol. The molecule has 240 valence electrons. The lowest BCUT2D eigenvalue weighted by Crippen LogP contribution is -2.45. The zero-order chi connectivity index (χ0) is 31.6. The minimum Gasteiger partial charge on any atom is -0.618 e. The van der Waals surface area contributed by atoms with E-state index in [1.165, 1.54) is 29.7 Å². The van der Waals surface area contributed by atoms with E-state index >= 15 is 0 Å². The summed E-state index contributed by atoms with van der Waals surface area (Å²) in [5.41, 5.74) is 0.498. The first-order valence-corrected chi connectivity index (χ1v) is 14.7. The van der Waals surface area contributed by atoms with Gasteiger partial charge >= 0.3 is 23.9 Å². The molecule has 14 heteroatoms. The van der Waals surface area contributed by atoms with Crippen LogP contribution in [0.5, 0.6) is 0 Å². The van der Waals surface area contributed by atoms with Gasteiger partial charge in [0.15, 0.2) is 6.20 Å². The van der Waals surface area contributed by atoms with Crippen molar-refractivity contribution in [2.75, 3.05) is 65.5 Å². The van der Waals surface area contributed by atoms with Crippen molar-refractivity contribution in [1.82, 2.24) is 19.6 Å². The van der Waals surface area contributed by atoms with Gasteiger partial charge in [-0.3, -0.25) is 24.2 Å². The minimum absolute atomic E-state index is 0.0610. The second-order valence-electron chi connectivity index (χ2n) is 10.6. The number of pyridine rings is 1. The summed E-state index contributed by atoms with van der Waals surface area (Å²) in [7, 11) is 0. The Hall–Kier alpha value is -3.91. The SMILES string of the molecule is CCCCCCCCOC(=O)c1cc[n+]([O-])c(CN2/C=C\N(CC(=O)O)CCN(CC(=O)O)CCN(CC(=O)O)CC2)c1. The standard InChI is InChI=1S/C29H45N5O9/c1-2-3-4-5-6-7-18-43-29(41)24-8-9-34(42)25(19-24)20-30-10-12-31(21-26(35)36)14-16-33(23-28(39)40)17-15-32(13-11-30)22-27(37)38/h8-10,12,19H,2-7,11,13-18,20-23H2,1H3,(H,35,36)(H,37,38)(H,39,40)/b12-10-. The third-order valence-corrected chi connectivity index (χ3v) is 7.01. The van der Waals surface area contributed by atoms with Crippen molar-refractivity contribution in [2.45, 2.75) is 52.0 Å². The Labute approximate surface area is 252 Å². The first kappa shape index (κ1) is 35.3. The lowest BCUT2D eigenvalue weighted by Gasteiger charge is -2.31. The number of ether oxygens (including phenoxy) is 1. The minimum atomic E-state index is -1.06. The highest BCUT2D eigenvalue weighted by Gasteiger charge is 2.20. The van der Waals surface area contributed by atoms with E-state index in [-0.39, 0.29) is 76.7 Å². The van der Waals surface area contributed by atoms with Gasteiger partial charge in [-0.2, -0.15) is 4.73 Å². The molecular formula is C29H45N5O9. The van der Waals surface area contributed by atoms with Crippen molar-refractivity contribution < 1.29 is 44.0 Å². The predicted octanol–water partition coefficient (Wildman–Crippen LogP) is 1.28. The monoisotopic (exact) mass is 607 g/mol. The van der Waals surface area contributed by atoms with E-state index in [0.29, 0.717) is 11.3 Å². The number of aromatic nitrogens is 1. The molecule has 43 heavy (non-hydrogen) atoms. The summed E-state index contributed by atoms with van der Waals surface area (Å²) in [5, 5.41) is 40.7. The van der Waals surface area contributed by atoms with Gasteiger partial charge in [0, 0.05) is 63.8 Å². The van der Waals surface area contributed by atoms with E-state index in [2.05, 4.69) is 6.92 Å². The highest BCUT2D eigenvalue weighted by molar-refractivity contribution is 5.89. The second-order valence-corrected chi connectivity index (χ2v) is 10.6. The van der Waals surface area contributed by atoms with E-state index in [9.17, 15) is 39.7 Å². The molecule has 0 amide bonds. The number of carboxylic acid groups (broad SMARTS) is 3. The maximum absolute atomic E-state index is 12.7. The van der Waals surface area contributed by atoms with Crippen molar-refractivity contribution in [3.63, 3.8) is 0 Å². The van der Waals surface area contributed by atoms with Crippen LogP contribution in [0.3, 0.4) is 0 Å². The number of carbonyl (C=O) groups excluding carboxylic acids is 1. The molecule has 0 unspecified atom stereocenters. The summed E-state index contributed by atoms with van der Waals surface area (Å²) in [6.45, 7) is 3.21. The maximum Gasteiger partial charge on any atom is 0.338 e. The normalized spacial score (nSPS) is 16.2. The molecule has 0 fully saturated rings. The van der Waals surface area contributed by atoms with Crippen LogP contribution in [0, 0.1) is 5.21 Å². The summed E-state index contributed by atoms with van der Waals surface area (Å²) in [5.74, 6) is -3.66. The molecule has 2 heterocycles. The van der Waals surface area contributed by atoms with Crippen molar-refractivity contribution >= 4 is 23.9 Å². The summed E-state index contributed by atoms with van der Waals surface area (Å²) in [6, 6.07) is 2.87. The Bertz CT molecular complexity index is 1080. The lowest BCUT2D eigenvalue weighted by atomic mass is 10.1. The van der Waals surface area contributed by atoms with Crippen LogP contribution in [0.15, 0.2) is 30.7 Å². The van der Waals surface area contributed by atoms with E-state index in [1.807, 2.05) is 0 Å². The molecule has 0 aliphatic carbocycles. The number of carbonyl (C=O) groups is 4. The molecule has 1 aliphatic rings. The average molecular weight is 608 g/mol. The number of hydrogen-bond donors (Lipinski definition) is 3. The van der Waals surface area contributed by atoms with Crippen molar-refractivity contribution in [1.29, 1.82) is 0 Å².